The number of nitrogen functional groups attached to an aromatic ring is 1. The fourth-order valence-electron chi connectivity index (χ4n) is 1.75. The second kappa shape index (κ2) is 4.25. The number of nitrogens with one attached hydrogen (secondary N) is 1. The predicted octanol–water partition coefficient (Wildman–Crippen LogP) is -0.0946. The van der Waals surface area contributed by atoms with Crippen molar-refractivity contribution in [3.8, 4) is 0 Å². The maximum atomic E-state index is 11.2. The largest absolute Gasteiger partial charge is 0.382 e. The van der Waals surface area contributed by atoms with E-state index in [2.05, 4.69) is 15.3 Å². The van der Waals surface area contributed by atoms with Gasteiger partial charge in [-0.1, -0.05) is 0 Å². The molecule has 0 amide bonds. The Bertz CT molecular complexity index is 474. The molecule has 7 heteroatoms. The number of aromatic nitrogens is 2. The van der Waals surface area contributed by atoms with E-state index in [4.69, 9.17) is 5.73 Å². The summed E-state index contributed by atoms with van der Waals surface area (Å²) < 4.78 is 22.5. The Morgan fingerprint density at radius 3 is 2.94 bits per heavy atom. The van der Waals surface area contributed by atoms with Gasteiger partial charge in [0.15, 0.2) is 9.84 Å². The summed E-state index contributed by atoms with van der Waals surface area (Å²) in [5.41, 5.74) is 5.48. The first-order valence-corrected chi connectivity index (χ1v) is 6.89. The van der Waals surface area contributed by atoms with Crippen LogP contribution in [0.15, 0.2) is 12.4 Å². The molecule has 0 radical (unpaired) electrons. The van der Waals surface area contributed by atoms with E-state index in [-0.39, 0.29) is 11.7 Å². The minimum absolute atomic E-state index is 0.160. The monoisotopic (exact) mass is 242 g/mol. The van der Waals surface area contributed by atoms with Crippen LogP contribution in [0, 0.1) is 5.92 Å². The summed E-state index contributed by atoms with van der Waals surface area (Å²) in [5, 5.41) is 3.05. The zero-order valence-corrected chi connectivity index (χ0v) is 9.57. The van der Waals surface area contributed by atoms with Gasteiger partial charge >= 0.3 is 0 Å². The molecular formula is C9H14N4O2S. The Kier molecular flexibility index (Phi) is 2.95. The number of rotatable bonds is 3. The van der Waals surface area contributed by atoms with Crippen molar-refractivity contribution in [3.63, 3.8) is 0 Å². The number of hydrogen-bond donors (Lipinski definition) is 2. The number of nitrogens with two attached hydrogens (primary N) is 1. The normalized spacial score (nSPS) is 23.1. The second-order valence-electron chi connectivity index (χ2n) is 3.98. The molecule has 2 heterocycles. The van der Waals surface area contributed by atoms with Crippen molar-refractivity contribution in [3.05, 3.63) is 12.4 Å². The molecule has 0 aliphatic carbocycles. The molecule has 3 N–H and O–H groups in total. The van der Waals surface area contributed by atoms with Crippen LogP contribution in [0.1, 0.15) is 6.42 Å². The highest BCUT2D eigenvalue weighted by molar-refractivity contribution is 7.91. The van der Waals surface area contributed by atoms with Crippen molar-refractivity contribution >= 4 is 21.5 Å². The van der Waals surface area contributed by atoms with E-state index in [9.17, 15) is 8.42 Å². The molecule has 1 aliphatic heterocycles. The van der Waals surface area contributed by atoms with Crippen LogP contribution >= 0.6 is 0 Å². The number of nitrogens with zero attached hydrogens (tertiary/aromatic N) is 2. The van der Waals surface area contributed by atoms with Crippen LogP contribution in [0.4, 0.5) is 11.6 Å². The first-order chi connectivity index (χ1) is 7.55. The molecule has 1 fully saturated rings. The first-order valence-electron chi connectivity index (χ1n) is 5.07. The lowest BCUT2D eigenvalue weighted by atomic mass is 10.1. The van der Waals surface area contributed by atoms with E-state index < -0.39 is 9.84 Å². The van der Waals surface area contributed by atoms with Crippen molar-refractivity contribution < 1.29 is 8.42 Å². The molecule has 1 aliphatic rings. The maximum absolute atomic E-state index is 11.2. The van der Waals surface area contributed by atoms with Crippen molar-refractivity contribution in [1.29, 1.82) is 0 Å². The van der Waals surface area contributed by atoms with E-state index in [0.29, 0.717) is 30.4 Å². The van der Waals surface area contributed by atoms with Gasteiger partial charge in [0.25, 0.3) is 0 Å². The molecule has 0 aromatic carbocycles. The van der Waals surface area contributed by atoms with Crippen molar-refractivity contribution in [2.45, 2.75) is 6.42 Å². The Morgan fingerprint density at radius 1 is 1.50 bits per heavy atom. The van der Waals surface area contributed by atoms with Gasteiger partial charge in [0.1, 0.15) is 11.6 Å². The highest BCUT2D eigenvalue weighted by Crippen LogP contribution is 2.18. The van der Waals surface area contributed by atoms with Crippen LogP contribution in [-0.4, -0.2) is 36.4 Å². The van der Waals surface area contributed by atoms with Crippen LogP contribution in [0.2, 0.25) is 0 Å². The fourth-order valence-corrected chi connectivity index (χ4v) is 3.61. The van der Waals surface area contributed by atoms with Crippen LogP contribution in [-0.2, 0) is 9.84 Å². The average Bonchev–Trinajstić information content (AvgIpc) is 2.56. The molecule has 2 rings (SSSR count). The molecule has 1 unspecified atom stereocenters. The average molecular weight is 242 g/mol. The van der Waals surface area contributed by atoms with Crippen LogP contribution in [0.3, 0.4) is 0 Å². The quantitative estimate of drug-likeness (QED) is 0.768. The maximum Gasteiger partial charge on any atom is 0.150 e. The van der Waals surface area contributed by atoms with Crippen molar-refractivity contribution in [1.82, 2.24) is 9.97 Å². The Morgan fingerprint density at radius 2 is 2.31 bits per heavy atom. The lowest BCUT2D eigenvalue weighted by molar-refractivity contribution is 0.595. The molecule has 1 atom stereocenters. The fraction of sp³-hybridized carbons (Fsp3) is 0.556. The first kappa shape index (κ1) is 11.1. The number of sulfone groups is 1. The molecule has 0 bridgehead atoms. The van der Waals surface area contributed by atoms with Crippen molar-refractivity contribution in [2.75, 3.05) is 29.1 Å². The molecule has 1 aromatic rings. The Hall–Kier alpha value is -1.37. The van der Waals surface area contributed by atoms with Gasteiger partial charge in [0, 0.05) is 6.54 Å². The van der Waals surface area contributed by atoms with Gasteiger partial charge in [-0.15, -0.1) is 0 Å². The summed E-state index contributed by atoms with van der Waals surface area (Å²) in [7, 11) is -2.81. The van der Waals surface area contributed by atoms with Gasteiger partial charge in [-0.05, 0) is 12.3 Å². The van der Waals surface area contributed by atoms with Crippen LogP contribution < -0.4 is 11.1 Å². The second-order valence-corrected chi connectivity index (χ2v) is 6.21. The Balaban J connectivity index is 1.89. The zero-order chi connectivity index (χ0) is 11.6. The van der Waals surface area contributed by atoms with E-state index in [1.54, 1.807) is 6.20 Å². The van der Waals surface area contributed by atoms with E-state index in [1.807, 2.05) is 0 Å². The zero-order valence-electron chi connectivity index (χ0n) is 8.76. The minimum atomic E-state index is -2.81. The Labute approximate surface area is 94.2 Å². The third-order valence-electron chi connectivity index (χ3n) is 2.55. The third kappa shape index (κ3) is 2.82. The van der Waals surface area contributed by atoms with Gasteiger partial charge in [0.05, 0.1) is 23.9 Å². The SMILES string of the molecule is Nc1cncc(NCC2CCS(=O)(=O)C2)n1. The molecule has 6 nitrogen and oxygen atoms in total. The number of hydrogen-bond acceptors (Lipinski definition) is 6. The van der Waals surface area contributed by atoms with E-state index in [1.165, 1.54) is 6.20 Å². The number of anilines is 2. The van der Waals surface area contributed by atoms with E-state index >= 15 is 0 Å². The molecule has 16 heavy (non-hydrogen) atoms. The summed E-state index contributed by atoms with van der Waals surface area (Å²) in [6.07, 6.45) is 3.75. The highest BCUT2D eigenvalue weighted by atomic mass is 32.2. The van der Waals surface area contributed by atoms with Crippen LogP contribution in [0.25, 0.3) is 0 Å². The predicted molar refractivity (Wildman–Crippen MR) is 61.7 cm³/mol. The summed E-state index contributed by atoms with van der Waals surface area (Å²) in [4.78, 5) is 7.92. The summed E-state index contributed by atoms with van der Waals surface area (Å²) in [5.74, 6) is 1.65. The van der Waals surface area contributed by atoms with E-state index in [0.717, 1.165) is 0 Å². The highest BCUT2D eigenvalue weighted by Gasteiger charge is 2.27. The molecule has 0 saturated carbocycles. The summed E-state index contributed by atoms with van der Waals surface area (Å²) in [6, 6.07) is 0. The van der Waals surface area contributed by atoms with Crippen LogP contribution in [0.5, 0.6) is 0 Å². The van der Waals surface area contributed by atoms with Gasteiger partial charge in [-0.2, -0.15) is 0 Å². The summed E-state index contributed by atoms with van der Waals surface area (Å²) >= 11 is 0. The lowest BCUT2D eigenvalue weighted by Crippen LogP contribution is -2.16. The molecule has 88 valence electrons. The molecule has 1 saturated heterocycles. The smallest absolute Gasteiger partial charge is 0.150 e. The van der Waals surface area contributed by atoms with Gasteiger partial charge < -0.3 is 11.1 Å². The molecular weight excluding hydrogens is 228 g/mol. The standard InChI is InChI=1S/C9H14N4O2S/c10-8-4-11-5-9(13-8)12-3-7-1-2-16(14,15)6-7/h4-5,7H,1-3,6H2,(H3,10,12,13). The molecule has 1 aromatic heterocycles. The lowest BCUT2D eigenvalue weighted by Gasteiger charge is -2.09. The topological polar surface area (TPSA) is 98.0 Å². The van der Waals surface area contributed by atoms with Gasteiger partial charge in [-0.3, -0.25) is 4.98 Å². The van der Waals surface area contributed by atoms with Gasteiger partial charge in [0.2, 0.25) is 0 Å². The third-order valence-corrected chi connectivity index (χ3v) is 4.39. The minimum Gasteiger partial charge on any atom is -0.382 e. The van der Waals surface area contributed by atoms with Gasteiger partial charge in [-0.25, -0.2) is 13.4 Å². The summed E-state index contributed by atoms with van der Waals surface area (Å²) in [6.45, 7) is 0.595. The molecule has 0 spiro atoms. The van der Waals surface area contributed by atoms with Crippen molar-refractivity contribution in [2.24, 2.45) is 5.92 Å².